The van der Waals surface area contributed by atoms with Crippen molar-refractivity contribution in [2.24, 2.45) is 0 Å². The van der Waals surface area contributed by atoms with E-state index < -0.39 is 114 Å². The summed E-state index contributed by atoms with van der Waals surface area (Å²) in [6.07, 6.45) is -8.48. The number of pyridine rings is 2. The minimum Gasteiger partial charge on any atom is -0.479 e. The second kappa shape index (κ2) is 49.3. The molecule has 2 aromatic carbocycles. The highest BCUT2D eigenvalue weighted by molar-refractivity contribution is 6.13. The van der Waals surface area contributed by atoms with Gasteiger partial charge in [-0.15, -0.1) is 0 Å². The molecule has 7 aliphatic rings. The average molecular weight is 1810 g/mol. The lowest BCUT2D eigenvalue weighted by molar-refractivity contribution is -0.271. The first kappa shape index (κ1) is 98.9. The molecule has 2 aromatic heterocycles. The lowest BCUT2D eigenvalue weighted by Crippen LogP contribution is -2.61. The van der Waals surface area contributed by atoms with Crippen LogP contribution in [0.5, 0.6) is 5.75 Å². The molecule has 704 valence electrons. The van der Waals surface area contributed by atoms with Gasteiger partial charge in [-0.2, -0.15) is 0 Å². The molecule has 41 nitrogen and oxygen atoms in total. The largest absolute Gasteiger partial charge is 0.479 e. The van der Waals surface area contributed by atoms with Gasteiger partial charge in [-0.05, 0) is 85.9 Å². The van der Waals surface area contributed by atoms with Crippen molar-refractivity contribution in [3.63, 3.8) is 0 Å². The van der Waals surface area contributed by atoms with Crippen molar-refractivity contribution in [3.05, 3.63) is 103 Å². The number of carbonyl (C=O) groups is 10. The second-order valence-corrected chi connectivity index (χ2v) is 31.3. The first-order valence-corrected chi connectivity index (χ1v) is 43.2. The van der Waals surface area contributed by atoms with Crippen LogP contribution in [0.1, 0.15) is 115 Å². The van der Waals surface area contributed by atoms with Crippen LogP contribution in [-0.4, -0.2) is 343 Å². The number of halogens is 1. The Morgan fingerprint density at radius 3 is 1.77 bits per heavy atom. The highest BCUT2D eigenvalue weighted by atomic mass is 19.1. The van der Waals surface area contributed by atoms with E-state index in [1.807, 2.05) is 0 Å². The lowest BCUT2D eigenvalue weighted by atomic mass is 9.81. The number of piperazine rings is 1. The van der Waals surface area contributed by atoms with Gasteiger partial charge >= 0.3 is 18.0 Å². The summed E-state index contributed by atoms with van der Waals surface area (Å²) < 4.78 is 105. The van der Waals surface area contributed by atoms with E-state index in [0.717, 1.165) is 17.1 Å². The summed E-state index contributed by atoms with van der Waals surface area (Å²) in [6, 6.07) is 4.47. The monoisotopic (exact) mass is 1810 g/mol. The number of aliphatic carboxylic acids is 1. The molecule has 3 fully saturated rings. The lowest BCUT2D eigenvalue weighted by Gasteiger charge is -2.38. The molecule has 9 N–H and O–H groups in total. The number of amides is 8. The molecule has 10 atom stereocenters. The number of likely N-dealkylation sites (tertiary alicyclic amines) is 2. The van der Waals surface area contributed by atoms with Gasteiger partial charge in [0.05, 0.1) is 206 Å². The molecule has 0 spiro atoms. The van der Waals surface area contributed by atoms with Crippen LogP contribution >= 0.6 is 0 Å². The molecule has 6 aliphatic heterocycles. The van der Waals surface area contributed by atoms with E-state index >= 15 is 4.39 Å². The molecule has 128 heavy (non-hydrogen) atoms. The van der Waals surface area contributed by atoms with Crippen molar-refractivity contribution >= 4 is 70.3 Å². The molecule has 42 heteroatoms. The molecule has 1 aliphatic carbocycles. The van der Waals surface area contributed by atoms with Crippen molar-refractivity contribution in [3.8, 4) is 17.1 Å². The summed E-state index contributed by atoms with van der Waals surface area (Å²) >= 11 is 0. The van der Waals surface area contributed by atoms with Gasteiger partial charge in [0.15, 0.2) is 11.7 Å². The summed E-state index contributed by atoms with van der Waals surface area (Å²) in [5, 5.41) is 64.8. The number of aromatic nitrogens is 2. The van der Waals surface area contributed by atoms with Crippen molar-refractivity contribution in [1.29, 1.82) is 0 Å². The van der Waals surface area contributed by atoms with Crippen LogP contribution in [0.15, 0.2) is 47.3 Å². The smallest absolute Gasteiger partial charge is 0.407 e. The van der Waals surface area contributed by atoms with Crippen LogP contribution in [-0.2, 0) is 153 Å². The van der Waals surface area contributed by atoms with Crippen molar-refractivity contribution < 1.29 is 154 Å². The number of hydrogen-bond acceptors (Lipinski definition) is 32. The summed E-state index contributed by atoms with van der Waals surface area (Å²) in [5.41, 5.74) is 0.769. The van der Waals surface area contributed by atoms with E-state index in [1.165, 1.54) is 34.9 Å². The predicted octanol–water partition coefficient (Wildman–Crippen LogP) is -0.165. The maximum Gasteiger partial charge on any atom is 0.407 e. The molecule has 0 saturated carbocycles. The van der Waals surface area contributed by atoms with Gasteiger partial charge in [0.25, 0.3) is 17.4 Å². The maximum atomic E-state index is 15.7. The number of cyclic esters (lactones) is 1. The number of fused-ring (bicyclic) bond motifs is 7. The Kier molecular flexibility index (Phi) is 38.1. The van der Waals surface area contributed by atoms with E-state index in [0.29, 0.717) is 192 Å². The molecule has 4 aromatic rings. The standard InChI is InChI=1S/C86H116FN9O32/c1-4-86(112)60-44-65-75-58(49-96(65)81(107)59(60)51-125-84(86)110)74-62(10-9-57-52(2)61(87)45-64(91-75)73(57)74)92-85(111)126-50-53-8-11-66(127-83-78(105)76(103)77(104)79(128-83)82(108)109)54(42-53)46-89-67(97)14-17-88-80(106)63(90-68(98)15-18-93-70(100)12-13-71(93)101)6-5-7-69(99)94-47-56-43-55(94)48-95(56)72(102)16-19-114-22-23-116-26-27-118-30-31-120-34-35-122-38-39-124-41-40-123-37-36-121-33-32-119-29-28-117-25-24-115-21-20-113-3/h8,11-13,42,44-45,55-56,62-63,76-79,83,103-105,112H,4-7,9-10,14-41,43,46-51H2,1-3H3,(H,88,106)(H,89,97)(H,90,98)(H,92,111)(H,108,109)/t55-,56-,62-,63-,76-,77-,78+,79-,83+,86-/m0/s1. The molecule has 11 rings (SSSR count). The van der Waals surface area contributed by atoms with Gasteiger partial charge in [-0.3, -0.25) is 43.3 Å². The Labute approximate surface area is 736 Å². The van der Waals surface area contributed by atoms with Gasteiger partial charge < -0.3 is 137 Å². The highest BCUT2D eigenvalue weighted by Crippen LogP contribution is 2.46. The van der Waals surface area contributed by atoms with Crippen LogP contribution in [0.4, 0.5) is 9.18 Å². The zero-order valence-electron chi connectivity index (χ0n) is 72.1. The fraction of sp³-hybridized carbons (Fsp3) is 0.628. The fourth-order valence-electron chi connectivity index (χ4n) is 16.0. The number of aliphatic hydroxyl groups is 4. The summed E-state index contributed by atoms with van der Waals surface area (Å²) in [4.78, 5) is 155. The second-order valence-electron chi connectivity index (χ2n) is 31.3. The molecule has 0 unspecified atom stereocenters. The number of esters is 1. The molecular formula is C86H116FN9O32. The Bertz CT molecular complexity index is 4580. The zero-order chi connectivity index (χ0) is 91.2. The van der Waals surface area contributed by atoms with E-state index in [1.54, 1.807) is 30.8 Å². The van der Waals surface area contributed by atoms with E-state index in [-0.39, 0.29) is 166 Å². The van der Waals surface area contributed by atoms with Gasteiger partial charge in [0.1, 0.15) is 49.1 Å². The summed E-state index contributed by atoms with van der Waals surface area (Å²) in [5.74, 6) is -6.97. The molecule has 0 radical (unpaired) electrons. The Morgan fingerprint density at radius 1 is 0.656 bits per heavy atom. The topological polar surface area (TPSA) is 512 Å². The number of nitrogens with one attached hydrogen (secondary N) is 4. The number of rotatable bonds is 57. The number of imide groups is 1. The fourth-order valence-corrected chi connectivity index (χ4v) is 16.0. The predicted molar refractivity (Wildman–Crippen MR) is 442 cm³/mol. The number of aryl methyl sites for hydroxylation is 1. The third kappa shape index (κ3) is 26.5. The van der Waals surface area contributed by atoms with Gasteiger partial charge in [0, 0.05) is 99.4 Å². The summed E-state index contributed by atoms with van der Waals surface area (Å²) in [7, 11) is 1.63. The number of carboxylic acid groups (broad SMARTS) is 1. The van der Waals surface area contributed by atoms with Crippen LogP contribution in [0.25, 0.3) is 22.3 Å². The first-order chi connectivity index (χ1) is 61.9. The van der Waals surface area contributed by atoms with Crippen molar-refractivity contribution in [1.82, 2.24) is 45.5 Å². The number of carboxylic acids is 1. The molecular weight excluding hydrogens is 1690 g/mol. The van der Waals surface area contributed by atoms with Crippen LogP contribution in [0.2, 0.25) is 0 Å². The van der Waals surface area contributed by atoms with Crippen LogP contribution in [0, 0.1) is 12.7 Å². The van der Waals surface area contributed by atoms with Gasteiger partial charge in [-0.1, -0.05) is 13.0 Å². The quantitative estimate of drug-likeness (QED) is 0.0139. The summed E-state index contributed by atoms with van der Waals surface area (Å²) in [6.45, 7) is 11.7. The SMILES string of the molecule is CC[C@@]1(O)C(=O)OCc2c1cc1n(c2=O)Cc2c-1nc1cc(F)c(C)c3c1c2[C@@H](NC(=O)OCc1ccc(O[C@@H]2O[C@H](C(=O)O)[C@@H](O)[C@H](O)[C@H]2O)c(CNC(=O)CCNC(=O)[C@H](CCCC(=O)N2C[C@@H]4C[C@H]2CN4C(=O)CCOCCOCCOCCOCCOCCOCCOCCOCCOCCOCCOCCOC)NC(=O)CCN2C(=O)C=CC2=O)c1)CC3. The number of aliphatic hydroxyl groups excluding tert-OH is 3. The molecule has 3 saturated heterocycles. The number of carbonyl (C=O) groups excluding carboxylic acids is 9. The van der Waals surface area contributed by atoms with Gasteiger partial charge in [-0.25, -0.2) is 23.8 Å². The number of ether oxygens (including phenoxy) is 16. The number of hydrogen-bond donors (Lipinski definition) is 9. The molecule has 8 amide bonds. The normalized spacial score (nSPS) is 20.9. The van der Waals surface area contributed by atoms with E-state index in [4.69, 9.17) is 80.8 Å². The molecule has 8 heterocycles. The maximum absolute atomic E-state index is 15.7. The average Bonchev–Trinajstić information content (AvgIpc) is 1.51. The first-order valence-electron chi connectivity index (χ1n) is 43.2. The third-order valence-corrected chi connectivity index (χ3v) is 22.8. The van der Waals surface area contributed by atoms with Gasteiger partial charge in [0.2, 0.25) is 35.8 Å². The van der Waals surface area contributed by atoms with E-state index in [9.17, 15) is 78.3 Å². The zero-order valence-corrected chi connectivity index (χ0v) is 72.1. The number of alkyl carbamates (subject to hydrolysis) is 1. The number of nitrogens with zero attached hydrogens (tertiary/aromatic N) is 5. The number of methoxy groups -OCH3 is 1. The van der Waals surface area contributed by atoms with Crippen molar-refractivity contribution in [2.45, 2.75) is 165 Å². The highest BCUT2D eigenvalue weighted by Gasteiger charge is 2.50. The van der Waals surface area contributed by atoms with E-state index in [2.05, 4.69) is 21.3 Å². The molecule has 2 bridgehead atoms. The van der Waals surface area contributed by atoms with Crippen molar-refractivity contribution in [2.75, 3.05) is 185 Å². The van der Waals surface area contributed by atoms with Crippen LogP contribution in [0.3, 0.4) is 0 Å². The third-order valence-electron chi connectivity index (χ3n) is 22.8. The van der Waals surface area contributed by atoms with Crippen LogP contribution < -0.4 is 31.6 Å². The Balaban J connectivity index is 0.585. The Morgan fingerprint density at radius 2 is 1.22 bits per heavy atom. The number of benzene rings is 2. The minimum atomic E-state index is -2.13. The Hall–Kier alpha value is -9.71. The minimum absolute atomic E-state index is 0.0367.